The first kappa shape index (κ1) is 18.5. The summed E-state index contributed by atoms with van der Waals surface area (Å²) in [4.78, 5) is 18.7. The number of hydrogen-bond acceptors (Lipinski definition) is 3. The first-order valence-electron chi connectivity index (χ1n) is 9.04. The molecular weight excluding hydrogens is 331 g/mol. The zero-order valence-electron chi connectivity index (χ0n) is 15.4. The van der Waals surface area contributed by atoms with Crippen molar-refractivity contribution in [3.8, 4) is 0 Å². The molecule has 1 aromatic carbocycles. The van der Waals surface area contributed by atoms with Crippen LogP contribution in [0, 0.1) is 12.7 Å². The van der Waals surface area contributed by atoms with Gasteiger partial charge in [-0.2, -0.15) is 0 Å². The number of methoxy groups -OCH3 is 1. The number of benzene rings is 1. The third-order valence-corrected chi connectivity index (χ3v) is 4.81. The van der Waals surface area contributed by atoms with Crippen molar-refractivity contribution in [3.05, 3.63) is 64.7 Å². The Bertz CT molecular complexity index is 761. The Kier molecular flexibility index (Phi) is 5.99. The largest absolute Gasteiger partial charge is 0.375 e. The van der Waals surface area contributed by atoms with Gasteiger partial charge in [0.25, 0.3) is 0 Å². The van der Waals surface area contributed by atoms with Crippen LogP contribution in [0.25, 0.3) is 0 Å². The third kappa shape index (κ3) is 4.67. The summed E-state index contributed by atoms with van der Waals surface area (Å²) in [7, 11) is 1.54. The van der Waals surface area contributed by atoms with E-state index in [9.17, 15) is 9.18 Å². The number of amides is 1. The second kappa shape index (κ2) is 8.41. The maximum Gasteiger partial charge on any atom is 0.248 e. The fourth-order valence-corrected chi connectivity index (χ4v) is 3.58. The van der Waals surface area contributed by atoms with Crippen molar-refractivity contribution in [3.63, 3.8) is 0 Å². The molecule has 1 amide bonds. The van der Waals surface area contributed by atoms with Crippen LogP contribution in [0.3, 0.4) is 0 Å². The van der Waals surface area contributed by atoms with Gasteiger partial charge in [-0.05, 0) is 61.6 Å². The Hall–Kier alpha value is -2.27. The molecule has 0 saturated carbocycles. The third-order valence-electron chi connectivity index (χ3n) is 4.81. The van der Waals surface area contributed by atoms with Crippen molar-refractivity contribution < 1.29 is 13.9 Å². The van der Waals surface area contributed by atoms with Gasteiger partial charge in [-0.1, -0.05) is 12.1 Å². The molecule has 0 radical (unpaired) electrons. The second-order valence-electron chi connectivity index (χ2n) is 6.96. The number of aryl methyl sites for hydroxylation is 1. The van der Waals surface area contributed by atoms with Gasteiger partial charge in [0.05, 0.1) is 0 Å². The molecule has 0 aliphatic carbocycles. The summed E-state index contributed by atoms with van der Waals surface area (Å²) < 4.78 is 18.1. The molecule has 2 aromatic rings. The van der Waals surface area contributed by atoms with Crippen molar-refractivity contribution >= 4 is 5.91 Å². The summed E-state index contributed by atoms with van der Waals surface area (Å²) in [6.07, 6.45) is 2.75. The molecule has 1 unspecified atom stereocenters. The maximum atomic E-state index is 13.1. The fourth-order valence-electron chi connectivity index (χ4n) is 3.58. The molecule has 5 heteroatoms. The van der Waals surface area contributed by atoms with Crippen LogP contribution < -0.4 is 0 Å². The highest BCUT2D eigenvalue weighted by Crippen LogP contribution is 2.27. The van der Waals surface area contributed by atoms with E-state index in [0.29, 0.717) is 6.54 Å². The SMILES string of the molecule is COCC(=O)N1CCCC(c2cc(Cc3ccc(F)cc3)cc(C)n2)C1. The van der Waals surface area contributed by atoms with Gasteiger partial charge in [-0.15, -0.1) is 0 Å². The van der Waals surface area contributed by atoms with Gasteiger partial charge in [-0.3, -0.25) is 9.78 Å². The van der Waals surface area contributed by atoms with Crippen molar-refractivity contribution in [2.75, 3.05) is 26.8 Å². The first-order valence-corrected chi connectivity index (χ1v) is 9.04. The minimum absolute atomic E-state index is 0.0383. The topological polar surface area (TPSA) is 42.4 Å². The average Bonchev–Trinajstić information content (AvgIpc) is 2.63. The first-order chi connectivity index (χ1) is 12.5. The van der Waals surface area contributed by atoms with Crippen LogP contribution in [-0.2, 0) is 16.0 Å². The predicted molar refractivity (Wildman–Crippen MR) is 98.6 cm³/mol. The van der Waals surface area contributed by atoms with Crippen LogP contribution in [-0.4, -0.2) is 42.6 Å². The van der Waals surface area contributed by atoms with E-state index in [1.54, 1.807) is 7.11 Å². The lowest BCUT2D eigenvalue weighted by atomic mass is 9.92. The summed E-state index contributed by atoms with van der Waals surface area (Å²) in [6.45, 7) is 3.60. The summed E-state index contributed by atoms with van der Waals surface area (Å²) in [6, 6.07) is 10.8. The lowest BCUT2D eigenvalue weighted by Crippen LogP contribution is -2.41. The van der Waals surface area contributed by atoms with Crippen molar-refractivity contribution in [2.45, 2.75) is 32.1 Å². The molecule has 1 aromatic heterocycles. The van der Waals surface area contributed by atoms with E-state index in [0.717, 1.165) is 42.8 Å². The fraction of sp³-hybridized carbons (Fsp3) is 0.429. The Morgan fingerprint density at radius 1 is 1.27 bits per heavy atom. The molecule has 2 heterocycles. The second-order valence-corrected chi connectivity index (χ2v) is 6.96. The standard InChI is InChI=1S/C21H25FN2O2/c1-15-10-17(11-16-5-7-19(22)8-6-16)12-20(23-15)18-4-3-9-24(13-18)21(25)14-26-2/h5-8,10,12,18H,3-4,9,11,13-14H2,1-2H3. The quantitative estimate of drug-likeness (QED) is 0.824. The van der Waals surface area contributed by atoms with E-state index in [2.05, 4.69) is 12.1 Å². The van der Waals surface area contributed by atoms with Crippen LogP contribution in [0.1, 0.15) is 41.3 Å². The summed E-state index contributed by atoms with van der Waals surface area (Å²) in [5, 5.41) is 0. The van der Waals surface area contributed by atoms with E-state index in [1.807, 2.05) is 24.0 Å². The molecule has 1 fully saturated rings. The lowest BCUT2D eigenvalue weighted by molar-refractivity contribution is -0.136. The molecule has 1 aliphatic heterocycles. The van der Waals surface area contributed by atoms with Crippen LogP contribution in [0.5, 0.6) is 0 Å². The van der Waals surface area contributed by atoms with E-state index in [-0.39, 0.29) is 24.2 Å². The van der Waals surface area contributed by atoms with Crippen LogP contribution in [0.15, 0.2) is 36.4 Å². The number of halogens is 1. The number of likely N-dealkylation sites (tertiary alicyclic amines) is 1. The smallest absolute Gasteiger partial charge is 0.248 e. The predicted octanol–water partition coefficient (Wildman–Crippen LogP) is 3.47. The summed E-state index contributed by atoms with van der Waals surface area (Å²) in [5.74, 6) is 0.0659. The number of aromatic nitrogens is 1. The van der Waals surface area contributed by atoms with Gasteiger partial charge >= 0.3 is 0 Å². The molecule has 0 bridgehead atoms. The van der Waals surface area contributed by atoms with Crippen molar-refractivity contribution in [2.24, 2.45) is 0 Å². The minimum atomic E-state index is -0.219. The maximum absolute atomic E-state index is 13.1. The van der Waals surface area contributed by atoms with E-state index >= 15 is 0 Å². The minimum Gasteiger partial charge on any atom is -0.375 e. The van der Waals surface area contributed by atoms with Gasteiger partial charge in [0.15, 0.2) is 0 Å². The van der Waals surface area contributed by atoms with Crippen molar-refractivity contribution in [1.29, 1.82) is 0 Å². The molecular formula is C21H25FN2O2. The van der Waals surface area contributed by atoms with Gasteiger partial charge in [-0.25, -0.2) is 4.39 Å². The highest BCUT2D eigenvalue weighted by Gasteiger charge is 2.25. The highest BCUT2D eigenvalue weighted by molar-refractivity contribution is 5.77. The van der Waals surface area contributed by atoms with E-state index in [4.69, 9.17) is 9.72 Å². The molecule has 1 atom stereocenters. The Morgan fingerprint density at radius 2 is 2.04 bits per heavy atom. The van der Waals surface area contributed by atoms with Gasteiger partial charge in [0.2, 0.25) is 5.91 Å². The van der Waals surface area contributed by atoms with E-state index < -0.39 is 0 Å². The monoisotopic (exact) mass is 356 g/mol. The molecule has 1 aliphatic rings. The molecule has 26 heavy (non-hydrogen) atoms. The number of carbonyl (C=O) groups is 1. The number of nitrogens with zero attached hydrogens (tertiary/aromatic N) is 2. The summed E-state index contributed by atoms with van der Waals surface area (Å²) >= 11 is 0. The van der Waals surface area contributed by atoms with Crippen LogP contribution in [0.2, 0.25) is 0 Å². The van der Waals surface area contributed by atoms with Crippen molar-refractivity contribution in [1.82, 2.24) is 9.88 Å². The number of carbonyl (C=O) groups excluding carboxylic acids is 1. The summed E-state index contributed by atoms with van der Waals surface area (Å²) in [5.41, 5.74) is 4.25. The Morgan fingerprint density at radius 3 is 2.77 bits per heavy atom. The molecule has 1 saturated heterocycles. The molecule has 138 valence electrons. The lowest BCUT2D eigenvalue weighted by Gasteiger charge is -2.32. The zero-order chi connectivity index (χ0) is 18.5. The number of ether oxygens (including phenoxy) is 1. The van der Waals surface area contributed by atoms with E-state index in [1.165, 1.54) is 17.7 Å². The average molecular weight is 356 g/mol. The number of rotatable bonds is 5. The normalized spacial score (nSPS) is 17.3. The van der Waals surface area contributed by atoms with Crippen LogP contribution >= 0.6 is 0 Å². The number of pyridine rings is 1. The molecule has 4 nitrogen and oxygen atoms in total. The highest BCUT2D eigenvalue weighted by atomic mass is 19.1. The molecule has 3 rings (SSSR count). The Balaban J connectivity index is 1.76. The Labute approximate surface area is 154 Å². The van der Waals surface area contributed by atoms with Gasteiger partial charge in [0.1, 0.15) is 12.4 Å². The van der Waals surface area contributed by atoms with Gasteiger partial charge in [0, 0.05) is 37.5 Å². The molecule has 0 N–H and O–H groups in total. The van der Waals surface area contributed by atoms with Gasteiger partial charge < -0.3 is 9.64 Å². The zero-order valence-corrected chi connectivity index (χ0v) is 15.4. The van der Waals surface area contributed by atoms with Crippen LogP contribution in [0.4, 0.5) is 4.39 Å². The molecule has 0 spiro atoms. The number of hydrogen-bond donors (Lipinski definition) is 0. The number of piperidine rings is 1.